The van der Waals surface area contributed by atoms with E-state index in [0.29, 0.717) is 0 Å². The molecule has 34 valence electrons. The van der Waals surface area contributed by atoms with E-state index in [-0.39, 0.29) is 31.1 Å². The molecule has 0 fully saturated rings. The number of hydrogen-bond acceptors (Lipinski definition) is 2. The van der Waals surface area contributed by atoms with Crippen LogP contribution in [0.1, 0.15) is 0 Å². The molecular formula is C3H5O2U-. The largest absolute Gasteiger partial charge is 0.492 e. The standard InChI is InChI=1S/C3H5O2.U/c1-3(4)5-2;/h1H2,2H3;/q-1;. The molecule has 0 aliphatic carbocycles. The third kappa shape index (κ3) is 8.83. The summed E-state index contributed by atoms with van der Waals surface area (Å²) >= 11 is 0. The summed E-state index contributed by atoms with van der Waals surface area (Å²) in [5.74, 6) is -0.495. The van der Waals surface area contributed by atoms with Gasteiger partial charge >= 0.3 is 0 Å². The molecule has 0 saturated heterocycles. The molecule has 2 nitrogen and oxygen atoms in total. The maximum absolute atomic E-state index is 9.48. The van der Waals surface area contributed by atoms with Crippen molar-refractivity contribution < 1.29 is 40.6 Å². The van der Waals surface area contributed by atoms with Gasteiger partial charge < -0.3 is 4.74 Å². The summed E-state index contributed by atoms with van der Waals surface area (Å²) in [5, 5.41) is 0. The molecule has 0 atom stereocenters. The Balaban J connectivity index is 0. The van der Waals surface area contributed by atoms with Crippen molar-refractivity contribution >= 4 is 5.97 Å². The average Bonchev–Trinajstić information content (AvgIpc) is 1.38. The van der Waals surface area contributed by atoms with Gasteiger partial charge in [0.25, 0.3) is 0 Å². The van der Waals surface area contributed by atoms with Gasteiger partial charge in [-0.15, -0.1) is 0 Å². The molecule has 0 saturated carbocycles. The Labute approximate surface area is 60.6 Å². The Morgan fingerprint density at radius 3 is 2.00 bits per heavy atom. The summed E-state index contributed by atoms with van der Waals surface area (Å²) in [7, 11) is 1.29. The molecule has 0 aromatic carbocycles. The maximum atomic E-state index is 9.48. The predicted molar refractivity (Wildman–Crippen MR) is 17.4 cm³/mol. The van der Waals surface area contributed by atoms with Crippen LogP contribution in [0, 0.1) is 38.0 Å². The minimum absolute atomic E-state index is 0. The predicted octanol–water partition coefficient (Wildman–Crippen LogP) is -0.00651. The zero-order chi connectivity index (χ0) is 4.28. The topological polar surface area (TPSA) is 26.3 Å². The van der Waals surface area contributed by atoms with Gasteiger partial charge in [0.1, 0.15) is 0 Å². The van der Waals surface area contributed by atoms with E-state index in [0.717, 1.165) is 0 Å². The van der Waals surface area contributed by atoms with Crippen molar-refractivity contribution in [1.82, 2.24) is 0 Å². The number of esters is 1. The fraction of sp³-hybridized carbons (Fsp3) is 0.333. The minimum atomic E-state index is -0.495. The Kier molecular flexibility index (Phi) is 8.66. The van der Waals surface area contributed by atoms with Crippen molar-refractivity contribution in [2.24, 2.45) is 0 Å². The van der Waals surface area contributed by atoms with Gasteiger partial charge in [0.05, 0.1) is 7.11 Å². The van der Waals surface area contributed by atoms with Crippen LogP contribution < -0.4 is 0 Å². The van der Waals surface area contributed by atoms with E-state index in [1.807, 2.05) is 0 Å². The molecule has 0 aromatic rings. The van der Waals surface area contributed by atoms with E-state index in [2.05, 4.69) is 11.7 Å². The first kappa shape index (κ1) is 9.63. The van der Waals surface area contributed by atoms with Gasteiger partial charge in [0, 0.05) is 31.1 Å². The van der Waals surface area contributed by atoms with Crippen LogP contribution in [-0.4, -0.2) is 13.1 Å². The molecule has 3 heteroatoms. The monoisotopic (exact) mass is 311 g/mol. The summed E-state index contributed by atoms with van der Waals surface area (Å²) in [6, 6.07) is 0. The number of carbonyl (C=O) groups excluding carboxylic acids is 1. The van der Waals surface area contributed by atoms with Gasteiger partial charge in [-0.2, -0.15) is 0 Å². The van der Waals surface area contributed by atoms with Gasteiger partial charge in [-0.05, 0) is 0 Å². The first-order valence-corrected chi connectivity index (χ1v) is 1.17. The van der Waals surface area contributed by atoms with Crippen LogP contribution >= 0.6 is 0 Å². The van der Waals surface area contributed by atoms with E-state index in [1.54, 1.807) is 0 Å². The van der Waals surface area contributed by atoms with Crippen molar-refractivity contribution in [3.8, 4) is 0 Å². The Morgan fingerprint density at radius 1 is 1.83 bits per heavy atom. The molecule has 6 heavy (non-hydrogen) atoms. The summed E-state index contributed by atoms with van der Waals surface area (Å²) in [6.07, 6.45) is 0. The third-order valence-electron chi connectivity index (χ3n) is 0.228. The average molecular weight is 311 g/mol. The molecular weight excluding hydrogens is 306 g/mol. The summed E-state index contributed by atoms with van der Waals surface area (Å²) < 4.78 is 4.00. The first-order valence-electron chi connectivity index (χ1n) is 1.17. The SMILES string of the molecule is [CH2-]C(=O)OC.[U]. The minimum Gasteiger partial charge on any atom is -0.492 e. The molecule has 0 spiro atoms. The number of ether oxygens (including phenoxy) is 1. The molecule has 0 aliphatic heterocycles. The van der Waals surface area contributed by atoms with Crippen LogP contribution in [0.5, 0.6) is 0 Å². The van der Waals surface area contributed by atoms with Crippen molar-refractivity contribution in [2.45, 2.75) is 0 Å². The molecule has 0 amide bonds. The number of rotatable bonds is 0. The summed E-state index contributed by atoms with van der Waals surface area (Å²) in [6.45, 7) is 2.90. The van der Waals surface area contributed by atoms with E-state index in [9.17, 15) is 4.79 Å². The van der Waals surface area contributed by atoms with Gasteiger partial charge in [0.2, 0.25) is 0 Å². The van der Waals surface area contributed by atoms with Crippen LogP contribution in [0.25, 0.3) is 0 Å². The van der Waals surface area contributed by atoms with E-state index < -0.39 is 5.97 Å². The fourth-order valence-electron chi connectivity index (χ4n) is 0. The number of hydrogen-bond donors (Lipinski definition) is 0. The number of methoxy groups -OCH3 is 1. The van der Waals surface area contributed by atoms with Crippen molar-refractivity contribution in [2.75, 3.05) is 7.11 Å². The Bertz CT molecular complexity index is 44.1. The fourth-order valence-corrected chi connectivity index (χ4v) is 0. The zero-order valence-corrected chi connectivity index (χ0v) is 7.69. The molecule has 0 aromatic heterocycles. The normalized spacial score (nSPS) is 5.50. The Morgan fingerprint density at radius 2 is 2.00 bits per heavy atom. The molecule has 0 radical (unpaired) electrons. The van der Waals surface area contributed by atoms with Gasteiger partial charge in [-0.25, -0.2) is 0 Å². The molecule has 0 N–H and O–H groups in total. The van der Waals surface area contributed by atoms with Crippen molar-refractivity contribution in [3.63, 3.8) is 0 Å². The van der Waals surface area contributed by atoms with E-state index in [1.165, 1.54) is 7.11 Å². The smallest absolute Gasteiger partial charge is 0.164 e. The van der Waals surface area contributed by atoms with Crippen LogP contribution in [0.3, 0.4) is 0 Å². The molecule has 0 aliphatic rings. The van der Waals surface area contributed by atoms with Gasteiger partial charge in [-0.3, -0.25) is 11.7 Å². The van der Waals surface area contributed by atoms with Crippen molar-refractivity contribution in [1.29, 1.82) is 0 Å². The van der Waals surface area contributed by atoms with Crippen LogP contribution in [-0.2, 0) is 9.53 Å². The second kappa shape index (κ2) is 5.39. The van der Waals surface area contributed by atoms with Crippen LogP contribution in [0.2, 0.25) is 0 Å². The van der Waals surface area contributed by atoms with E-state index >= 15 is 0 Å². The Hall–Kier alpha value is 0.392. The second-order valence-electron chi connectivity index (χ2n) is 0.576. The van der Waals surface area contributed by atoms with Crippen LogP contribution in [0.4, 0.5) is 0 Å². The molecule has 0 unspecified atom stereocenters. The second-order valence-corrected chi connectivity index (χ2v) is 0.576. The van der Waals surface area contributed by atoms with Crippen LogP contribution in [0.15, 0.2) is 0 Å². The molecule has 0 heterocycles. The third-order valence-corrected chi connectivity index (χ3v) is 0.228. The van der Waals surface area contributed by atoms with Gasteiger partial charge in [0.15, 0.2) is 5.97 Å². The molecule has 0 rings (SSSR count). The van der Waals surface area contributed by atoms with E-state index in [4.69, 9.17) is 0 Å². The summed E-state index contributed by atoms with van der Waals surface area (Å²) in [4.78, 5) is 9.48. The molecule has 0 bridgehead atoms. The van der Waals surface area contributed by atoms with Crippen molar-refractivity contribution in [3.05, 3.63) is 6.92 Å². The summed E-state index contributed by atoms with van der Waals surface area (Å²) in [5.41, 5.74) is 0. The first-order chi connectivity index (χ1) is 2.27. The quantitative estimate of drug-likeness (QED) is 0.465. The zero-order valence-electron chi connectivity index (χ0n) is 3.52. The maximum Gasteiger partial charge on any atom is 0.164 e. The van der Waals surface area contributed by atoms with Gasteiger partial charge in [-0.1, -0.05) is 0 Å². The number of carbonyl (C=O) groups is 1.